The van der Waals surface area contributed by atoms with Gasteiger partial charge in [0, 0.05) is 19.1 Å². The van der Waals surface area contributed by atoms with Crippen LogP contribution in [0, 0.1) is 0 Å². The molecule has 25 heavy (non-hydrogen) atoms. The predicted octanol–water partition coefficient (Wildman–Crippen LogP) is 4.44. The second-order valence-corrected chi connectivity index (χ2v) is 6.62. The van der Waals surface area contributed by atoms with Gasteiger partial charge in [0.2, 0.25) is 0 Å². The Balaban J connectivity index is 0.00000288. The van der Waals surface area contributed by atoms with E-state index in [0.29, 0.717) is 12.6 Å². The zero-order valence-electron chi connectivity index (χ0n) is 14.9. The van der Waals surface area contributed by atoms with E-state index in [1.807, 2.05) is 6.07 Å². The SMILES string of the molecule is C=CCOc1c(Br)cc(CNCC2CCCN2CC)cc1OC.Cl.Cl. The normalized spacial score (nSPS) is 16.7. The van der Waals surface area contributed by atoms with Crippen LogP contribution in [-0.4, -0.2) is 44.3 Å². The van der Waals surface area contributed by atoms with Gasteiger partial charge in [0.1, 0.15) is 6.61 Å². The van der Waals surface area contributed by atoms with E-state index in [4.69, 9.17) is 9.47 Å². The molecule has 1 atom stereocenters. The molecular formula is C18H29BrCl2N2O2. The maximum absolute atomic E-state index is 5.66. The molecule has 1 aromatic carbocycles. The van der Waals surface area contributed by atoms with Gasteiger partial charge < -0.3 is 14.8 Å². The Kier molecular flexibility index (Phi) is 12.6. The van der Waals surface area contributed by atoms with Crippen molar-refractivity contribution >= 4 is 40.7 Å². The first-order chi connectivity index (χ1) is 11.2. The van der Waals surface area contributed by atoms with Gasteiger partial charge in [0.25, 0.3) is 0 Å². The number of methoxy groups -OCH3 is 1. The Morgan fingerprint density at radius 3 is 2.80 bits per heavy atom. The minimum absolute atomic E-state index is 0. The van der Waals surface area contributed by atoms with E-state index in [9.17, 15) is 0 Å². The first kappa shape index (κ1) is 24.5. The van der Waals surface area contributed by atoms with Crippen LogP contribution in [0.1, 0.15) is 25.3 Å². The highest BCUT2D eigenvalue weighted by Gasteiger charge is 2.22. The van der Waals surface area contributed by atoms with E-state index < -0.39 is 0 Å². The Hall–Kier alpha value is -0.460. The van der Waals surface area contributed by atoms with Crippen LogP contribution in [0.2, 0.25) is 0 Å². The van der Waals surface area contributed by atoms with Crippen LogP contribution < -0.4 is 14.8 Å². The average molecular weight is 456 g/mol. The van der Waals surface area contributed by atoms with E-state index in [0.717, 1.165) is 35.6 Å². The zero-order chi connectivity index (χ0) is 16.7. The summed E-state index contributed by atoms with van der Waals surface area (Å²) >= 11 is 3.57. The highest BCUT2D eigenvalue weighted by atomic mass is 79.9. The van der Waals surface area contributed by atoms with Gasteiger partial charge in [-0.3, -0.25) is 4.90 Å². The van der Waals surface area contributed by atoms with E-state index >= 15 is 0 Å². The first-order valence-corrected chi connectivity index (χ1v) is 9.03. The molecule has 0 radical (unpaired) electrons. The molecule has 0 amide bonds. The molecule has 144 valence electrons. The van der Waals surface area contributed by atoms with Crippen LogP contribution in [0.15, 0.2) is 29.3 Å². The van der Waals surface area contributed by atoms with Crippen molar-refractivity contribution in [1.29, 1.82) is 0 Å². The largest absolute Gasteiger partial charge is 0.493 e. The molecule has 0 aromatic heterocycles. The number of nitrogens with zero attached hydrogens (tertiary/aromatic N) is 1. The third kappa shape index (κ3) is 6.99. The minimum atomic E-state index is 0. The number of hydrogen-bond donors (Lipinski definition) is 1. The molecule has 2 rings (SSSR count). The Labute approximate surface area is 172 Å². The Morgan fingerprint density at radius 2 is 2.16 bits per heavy atom. The molecule has 0 bridgehead atoms. The molecule has 1 saturated heterocycles. The second kappa shape index (κ2) is 12.8. The standard InChI is InChI=1S/C18H27BrN2O2.2ClH/c1-4-9-23-18-16(19)10-14(11-17(18)22-3)12-20-13-15-7-6-8-21(15)5-2;;/h4,10-11,15,20H,1,5-9,12-13H2,2-3H3;2*1H. The van der Waals surface area contributed by atoms with Crippen molar-refractivity contribution in [3.05, 3.63) is 34.8 Å². The number of rotatable bonds is 9. The molecule has 7 heteroatoms. The van der Waals surface area contributed by atoms with Crippen molar-refractivity contribution in [2.24, 2.45) is 0 Å². The molecule has 0 aliphatic carbocycles. The summed E-state index contributed by atoms with van der Waals surface area (Å²) in [5, 5.41) is 3.57. The van der Waals surface area contributed by atoms with Crippen molar-refractivity contribution in [1.82, 2.24) is 10.2 Å². The highest BCUT2D eigenvalue weighted by Crippen LogP contribution is 2.36. The summed E-state index contributed by atoms with van der Waals surface area (Å²) in [6, 6.07) is 4.78. The number of benzene rings is 1. The van der Waals surface area contributed by atoms with Crippen LogP contribution in [0.3, 0.4) is 0 Å². The van der Waals surface area contributed by atoms with Crippen molar-refractivity contribution < 1.29 is 9.47 Å². The van der Waals surface area contributed by atoms with Gasteiger partial charge in [-0.2, -0.15) is 0 Å². The summed E-state index contributed by atoms with van der Waals surface area (Å²) in [5.41, 5.74) is 1.18. The second-order valence-electron chi connectivity index (χ2n) is 5.76. The summed E-state index contributed by atoms with van der Waals surface area (Å²) in [6.45, 7) is 10.6. The monoisotopic (exact) mass is 454 g/mol. The number of likely N-dealkylation sites (tertiary alicyclic amines) is 1. The summed E-state index contributed by atoms with van der Waals surface area (Å²) in [5.74, 6) is 1.47. The fraction of sp³-hybridized carbons (Fsp3) is 0.556. The fourth-order valence-corrected chi connectivity index (χ4v) is 3.69. The molecule has 0 saturated carbocycles. The van der Waals surface area contributed by atoms with Gasteiger partial charge in [0.15, 0.2) is 11.5 Å². The highest BCUT2D eigenvalue weighted by molar-refractivity contribution is 9.10. The minimum Gasteiger partial charge on any atom is -0.493 e. The molecule has 1 aliphatic heterocycles. The number of hydrogen-bond acceptors (Lipinski definition) is 4. The van der Waals surface area contributed by atoms with Gasteiger partial charge in [-0.1, -0.05) is 19.6 Å². The average Bonchev–Trinajstić information content (AvgIpc) is 3.01. The van der Waals surface area contributed by atoms with Crippen LogP contribution >= 0.6 is 40.7 Å². The molecule has 1 fully saturated rings. The smallest absolute Gasteiger partial charge is 0.175 e. The number of halogens is 3. The molecule has 1 N–H and O–H groups in total. The van der Waals surface area contributed by atoms with Crippen molar-refractivity contribution in [2.45, 2.75) is 32.4 Å². The first-order valence-electron chi connectivity index (χ1n) is 8.24. The molecule has 4 nitrogen and oxygen atoms in total. The predicted molar refractivity (Wildman–Crippen MR) is 113 cm³/mol. The van der Waals surface area contributed by atoms with Crippen LogP contribution in [-0.2, 0) is 6.54 Å². The van der Waals surface area contributed by atoms with E-state index in [2.05, 4.69) is 45.7 Å². The molecular weight excluding hydrogens is 427 g/mol. The quantitative estimate of drug-likeness (QED) is 0.558. The van der Waals surface area contributed by atoms with Crippen LogP contribution in [0.4, 0.5) is 0 Å². The topological polar surface area (TPSA) is 33.7 Å². The maximum atomic E-state index is 5.66. The third-order valence-electron chi connectivity index (χ3n) is 4.25. The number of likely N-dealkylation sites (N-methyl/N-ethyl adjacent to an activating group) is 1. The summed E-state index contributed by atoms with van der Waals surface area (Å²) in [6.07, 6.45) is 4.33. The van der Waals surface area contributed by atoms with E-state index in [1.165, 1.54) is 24.9 Å². The summed E-state index contributed by atoms with van der Waals surface area (Å²) in [4.78, 5) is 2.55. The third-order valence-corrected chi connectivity index (χ3v) is 4.84. The Morgan fingerprint density at radius 1 is 1.40 bits per heavy atom. The maximum Gasteiger partial charge on any atom is 0.175 e. The molecule has 0 spiro atoms. The van der Waals surface area contributed by atoms with Gasteiger partial charge in [-0.15, -0.1) is 24.8 Å². The molecule has 1 unspecified atom stereocenters. The van der Waals surface area contributed by atoms with Crippen molar-refractivity contribution in [3.8, 4) is 11.5 Å². The zero-order valence-corrected chi connectivity index (χ0v) is 18.1. The lowest BCUT2D eigenvalue weighted by atomic mass is 10.1. The van der Waals surface area contributed by atoms with Gasteiger partial charge >= 0.3 is 0 Å². The lowest BCUT2D eigenvalue weighted by Crippen LogP contribution is -2.37. The van der Waals surface area contributed by atoms with Gasteiger partial charge in [0.05, 0.1) is 11.6 Å². The van der Waals surface area contributed by atoms with Crippen molar-refractivity contribution in [2.75, 3.05) is 33.4 Å². The van der Waals surface area contributed by atoms with Gasteiger partial charge in [-0.25, -0.2) is 0 Å². The number of ether oxygens (including phenoxy) is 2. The summed E-state index contributed by atoms with van der Waals surface area (Å²) in [7, 11) is 1.66. The fourth-order valence-electron chi connectivity index (χ4n) is 3.08. The van der Waals surface area contributed by atoms with Crippen molar-refractivity contribution in [3.63, 3.8) is 0 Å². The van der Waals surface area contributed by atoms with E-state index in [-0.39, 0.29) is 24.8 Å². The van der Waals surface area contributed by atoms with Crippen LogP contribution in [0.5, 0.6) is 11.5 Å². The lowest BCUT2D eigenvalue weighted by molar-refractivity contribution is 0.260. The Bertz CT molecular complexity index is 532. The lowest BCUT2D eigenvalue weighted by Gasteiger charge is -2.23. The van der Waals surface area contributed by atoms with E-state index in [1.54, 1.807) is 13.2 Å². The van der Waals surface area contributed by atoms with Crippen LogP contribution in [0.25, 0.3) is 0 Å². The number of nitrogens with one attached hydrogen (secondary N) is 1. The molecule has 1 aromatic rings. The molecule has 1 heterocycles. The van der Waals surface area contributed by atoms with Gasteiger partial charge in [-0.05, 0) is 59.6 Å². The summed E-state index contributed by atoms with van der Waals surface area (Å²) < 4.78 is 12.0. The molecule has 1 aliphatic rings.